The van der Waals surface area contributed by atoms with Crippen molar-refractivity contribution in [1.82, 2.24) is 10.2 Å². The van der Waals surface area contributed by atoms with Crippen LogP contribution in [0.3, 0.4) is 0 Å². The Balaban J connectivity index is 1.87. The Morgan fingerprint density at radius 1 is 1.30 bits per heavy atom. The molecule has 2 aliphatic rings. The molecule has 0 spiro atoms. The topological polar surface area (TPSA) is 35.5 Å². The predicted molar refractivity (Wildman–Crippen MR) is 84.9 cm³/mol. The van der Waals surface area contributed by atoms with E-state index in [9.17, 15) is 5.11 Å². The number of rotatable bonds is 6. The van der Waals surface area contributed by atoms with Gasteiger partial charge in [-0.1, -0.05) is 13.8 Å². The second-order valence-corrected chi connectivity index (χ2v) is 8.24. The molecular formula is C17H34N2O. The van der Waals surface area contributed by atoms with Crippen LogP contribution in [0.15, 0.2) is 0 Å². The molecule has 0 aromatic heterocycles. The number of hydrogen-bond donors (Lipinski definition) is 2. The summed E-state index contributed by atoms with van der Waals surface area (Å²) in [5.74, 6) is 0. The van der Waals surface area contributed by atoms with E-state index in [1.807, 2.05) is 0 Å². The number of likely N-dealkylation sites (tertiary alicyclic amines) is 1. The molecule has 1 saturated carbocycles. The molecule has 1 heterocycles. The lowest BCUT2D eigenvalue weighted by Gasteiger charge is -2.37. The fourth-order valence-corrected chi connectivity index (χ4v) is 3.56. The van der Waals surface area contributed by atoms with Gasteiger partial charge in [0.15, 0.2) is 0 Å². The Morgan fingerprint density at radius 2 is 2.00 bits per heavy atom. The van der Waals surface area contributed by atoms with E-state index in [-0.39, 0.29) is 12.1 Å². The third-order valence-electron chi connectivity index (χ3n) is 5.22. The normalized spacial score (nSPS) is 28.6. The van der Waals surface area contributed by atoms with Gasteiger partial charge in [-0.3, -0.25) is 0 Å². The van der Waals surface area contributed by atoms with Gasteiger partial charge in [-0.2, -0.15) is 0 Å². The molecular weight excluding hydrogens is 248 g/mol. The SMILES string of the molecule is CC(CC(C)(CO)NC1CC1)N1CCCC(C)(C)CC1. The van der Waals surface area contributed by atoms with Gasteiger partial charge in [-0.25, -0.2) is 0 Å². The van der Waals surface area contributed by atoms with Crippen LogP contribution in [0.4, 0.5) is 0 Å². The summed E-state index contributed by atoms with van der Waals surface area (Å²) in [6.45, 7) is 12.0. The lowest BCUT2D eigenvalue weighted by atomic mass is 9.85. The summed E-state index contributed by atoms with van der Waals surface area (Å²) < 4.78 is 0. The highest BCUT2D eigenvalue weighted by molar-refractivity contribution is 4.94. The molecule has 0 bridgehead atoms. The highest BCUT2D eigenvalue weighted by atomic mass is 16.3. The molecule has 3 nitrogen and oxygen atoms in total. The molecule has 1 saturated heterocycles. The molecule has 118 valence electrons. The zero-order chi connectivity index (χ0) is 14.8. The molecule has 3 heteroatoms. The van der Waals surface area contributed by atoms with Crippen LogP contribution in [0.2, 0.25) is 0 Å². The molecule has 0 radical (unpaired) electrons. The van der Waals surface area contributed by atoms with Gasteiger partial charge in [0.05, 0.1) is 6.61 Å². The Hall–Kier alpha value is -0.120. The van der Waals surface area contributed by atoms with Crippen molar-refractivity contribution in [3.63, 3.8) is 0 Å². The third kappa shape index (κ3) is 4.71. The quantitative estimate of drug-likeness (QED) is 0.786. The van der Waals surface area contributed by atoms with E-state index in [2.05, 4.69) is 37.9 Å². The predicted octanol–water partition coefficient (Wildman–Crippen LogP) is 2.78. The van der Waals surface area contributed by atoms with Gasteiger partial charge in [0.1, 0.15) is 0 Å². The largest absolute Gasteiger partial charge is 0.394 e. The molecule has 2 rings (SSSR count). The number of hydrogen-bond acceptors (Lipinski definition) is 3. The average Bonchev–Trinajstić information content (AvgIpc) is 3.17. The highest BCUT2D eigenvalue weighted by Crippen LogP contribution is 2.32. The Bertz CT molecular complexity index is 314. The third-order valence-corrected chi connectivity index (χ3v) is 5.22. The van der Waals surface area contributed by atoms with Crippen LogP contribution < -0.4 is 5.32 Å². The number of aliphatic hydroxyl groups excluding tert-OH is 1. The minimum Gasteiger partial charge on any atom is -0.394 e. The van der Waals surface area contributed by atoms with E-state index < -0.39 is 0 Å². The van der Waals surface area contributed by atoms with Crippen LogP contribution in [0, 0.1) is 5.41 Å². The molecule has 2 atom stereocenters. The van der Waals surface area contributed by atoms with E-state index in [0.717, 1.165) is 6.42 Å². The number of nitrogens with zero attached hydrogens (tertiary/aromatic N) is 1. The summed E-state index contributed by atoms with van der Waals surface area (Å²) in [6, 6.07) is 1.20. The van der Waals surface area contributed by atoms with Crippen LogP contribution in [-0.2, 0) is 0 Å². The zero-order valence-corrected chi connectivity index (χ0v) is 13.9. The molecule has 2 unspecified atom stereocenters. The van der Waals surface area contributed by atoms with Crippen LogP contribution in [0.1, 0.15) is 66.2 Å². The molecule has 20 heavy (non-hydrogen) atoms. The second kappa shape index (κ2) is 6.33. The van der Waals surface area contributed by atoms with Gasteiger partial charge >= 0.3 is 0 Å². The van der Waals surface area contributed by atoms with E-state index in [4.69, 9.17) is 0 Å². The summed E-state index contributed by atoms with van der Waals surface area (Å²) in [5.41, 5.74) is 0.392. The Morgan fingerprint density at radius 3 is 2.60 bits per heavy atom. The maximum Gasteiger partial charge on any atom is 0.0611 e. The van der Waals surface area contributed by atoms with E-state index >= 15 is 0 Å². The van der Waals surface area contributed by atoms with Crippen molar-refractivity contribution < 1.29 is 5.11 Å². The summed E-state index contributed by atoms with van der Waals surface area (Å²) in [7, 11) is 0. The fraction of sp³-hybridized carbons (Fsp3) is 1.00. The zero-order valence-electron chi connectivity index (χ0n) is 13.9. The molecule has 2 N–H and O–H groups in total. The maximum absolute atomic E-state index is 9.77. The first-order valence-corrected chi connectivity index (χ1v) is 8.46. The summed E-state index contributed by atoms with van der Waals surface area (Å²) >= 11 is 0. The molecule has 1 aliphatic carbocycles. The molecule has 0 aromatic rings. The standard InChI is InChI=1S/C17H34N2O/c1-14(12-17(4,13-20)18-15-6-7-15)19-10-5-8-16(2,3)9-11-19/h14-15,18,20H,5-13H2,1-4H3. The monoisotopic (exact) mass is 282 g/mol. The first kappa shape index (κ1) is 16.3. The van der Waals surface area contributed by atoms with Crippen molar-refractivity contribution in [2.24, 2.45) is 5.41 Å². The molecule has 0 aromatic carbocycles. The summed E-state index contributed by atoms with van der Waals surface area (Å²) in [4.78, 5) is 2.64. The number of aliphatic hydroxyl groups is 1. The van der Waals surface area contributed by atoms with Gasteiger partial charge in [0.2, 0.25) is 0 Å². The lowest BCUT2D eigenvalue weighted by Crippen LogP contribution is -2.51. The van der Waals surface area contributed by atoms with Crippen molar-refractivity contribution in [2.45, 2.75) is 83.8 Å². The van der Waals surface area contributed by atoms with Crippen molar-refractivity contribution in [3.05, 3.63) is 0 Å². The van der Waals surface area contributed by atoms with Crippen molar-refractivity contribution in [3.8, 4) is 0 Å². The minimum absolute atomic E-state index is 0.109. The van der Waals surface area contributed by atoms with E-state index in [0.29, 0.717) is 17.5 Å². The summed E-state index contributed by atoms with van der Waals surface area (Å²) in [5, 5.41) is 13.4. The van der Waals surface area contributed by atoms with Crippen LogP contribution in [0.5, 0.6) is 0 Å². The molecule has 1 aliphatic heterocycles. The van der Waals surface area contributed by atoms with Gasteiger partial charge in [0.25, 0.3) is 0 Å². The van der Waals surface area contributed by atoms with Gasteiger partial charge in [-0.05, 0) is 70.9 Å². The van der Waals surface area contributed by atoms with Gasteiger partial charge in [-0.15, -0.1) is 0 Å². The fourth-order valence-electron chi connectivity index (χ4n) is 3.56. The molecule has 0 amide bonds. The lowest BCUT2D eigenvalue weighted by molar-refractivity contribution is 0.113. The average molecular weight is 282 g/mol. The van der Waals surface area contributed by atoms with Crippen molar-refractivity contribution in [1.29, 1.82) is 0 Å². The first-order valence-electron chi connectivity index (χ1n) is 8.46. The summed E-state index contributed by atoms with van der Waals surface area (Å²) in [6.07, 6.45) is 7.55. The van der Waals surface area contributed by atoms with Crippen LogP contribution in [-0.4, -0.2) is 47.3 Å². The van der Waals surface area contributed by atoms with Crippen molar-refractivity contribution in [2.75, 3.05) is 19.7 Å². The van der Waals surface area contributed by atoms with E-state index in [1.54, 1.807) is 0 Å². The van der Waals surface area contributed by atoms with E-state index in [1.165, 1.54) is 45.2 Å². The molecule has 2 fully saturated rings. The second-order valence-electron chi connectivity index (χ2n) is 8.24. The van der Waals surface area contributed by atoms with Crippen LogP contribution >= 0.6 is 0 Å². The van der Waals surface area contributed by atoms with Gasteiger partial charge in [0, 0.05) is 17.6 Å². The first-order chi connectivity index (χ1) is 9.34. The Kier molecular flexibility index (Phi) is 5.14. The highest BCUT2D eigenvalue weighted by Gasteiger charge is 2.35. The number of nitrogens with one attached hydrogen (secondary N) is 1. The maximum atomic E-state index is 9.77. The van der Waals surface area contributed by atoms with Crippen molar-refractivity contribution >= 4 is 0 Å². The van der Waals surface area contributed by atoms with Gasteiger partial charge < -0.3 is 15.3 Å². The minimum atomic E-state index is -0.109. The smallest absolute Gasteiger partial charge is 0.0611 e. The Labute approximate surface area is 125 Å². The van der Waals surface area contributed by atoms with Crippen LogP contribution in [0.25, 0.3) is 0 Å².